The third-order valence-corrected chi connectivity index (χ3v) is 4.51. The van der Waals surface area contributed by atoms with Gasteiger partial charge < -0.3 is 5.32 Å². The van der Waals surface area contributed by atoms with E-state index >= 15 is 0 Å². The van der Waals surface area contributed by atoms with Crippen molar-refractivity contribution in [1.82, 2.24) is 9.97 Å². The van der Waals surface area contributed by atoms with E-state index in [1.54, 1.807) is 0 Å². The fraction of sp³-hybridized carbons (Fsp3) is 0.412. The first-order valence-electron chi connectivity index (χ1n) is 7.53. The molecule has 1 heterocycles. The molecule has 1 aromatic heterocycles. The Balaban J connectivity index is 2.10. The van der Waals surface area contributed by atoms with E-state index in [1.807, 2.05) is 32.2 Å². The minimum atomic E-state index is 0.761. The summed E-state index contributed by atoms with van der Waals surface area (Å²) in [5, 5.41) is 4.00. The maximum Gasteiger partial charge on any atom is 0.161 e. The van der Waals surface area contributed by atoms with Crippen LogP contribution >= 0.6 is 11.6 Å². The molecule has 0 bridgehead atoms. The summed E-state index contributed by atoms with van der Waals surface area (Å²) in [5.41, 5.74) is 4.54. The number of benzene rings is 1. The van der Waals surface area contributed by atoms with Gasteiger partial charge in [-0.25, -0.2) is 9.97 Å². The number of fused-ring (bicyclic) bond motifs is 1. The fourth-order valence-electron chi connectivity index (χ4n) is 2.84. The van der Waals surface area contributed by atoms with Crippen LogP contribution in [0, 0.1) is 6.92 Å². The van der Waals surface area contributed by atoms with Crippen molar-refractivity contribution in [2.24, 2.45) is 0 Å². The molecule has 0 fully saturated rings. The summed E-state index contributed by atoms with van der Waals surface area (Å²) in [5.74, 6) is 1.73. The summed E-state index contributed by atoms with van der Waals surface area (Å²) in [6, 6.07) is 6.01. The highest BCUT2D eigenvalue weighted by molar-refractivity contribution is 6.31. The van der Waals surface area contributed by atoms with Crippen molar-refractivity contribution in [3.05, 3.63) is 40.0 Å². The highest BCUT2D eigenvalue weighted by Gasteiger charge is 2.17. The predicted octanol–water partition coefficient (Wildman–Crippen LogP) is 4.42. The van der Waals surface area contributed by atoms with Gasteiger partial charge in [-0.3, -0.25) is 0 Å². The van der Waals surface area contributed by atoms with Crippen LogP contribution in [0.4, 0.5) is 5.82 Å². The van der Waals surface area contributed by atoms with Crippen molar-refractivity contribution in [2.45, 2.75) is 39.0 Å². The first kappa shape index (κ1) is 14.3. The Bertz CT molecular complexity index is 667. The second-order valence-corrected chi connectivity index (χ2v) is 6.00. The van der Waals surface area contributed by atoms with Crippen LogP contribution < -0.4 is 5.32 Å². The standard InChI is InChI=1S/C17H20ClN3/c1-11-8-9-12(10-14(11)18)16-20-15-7-5-3-4-6-13(15)17(19-2)21-16/h8-10H,3-7H2,1-2H3,(H,19,20,21). The van der Waals surface area contributed by atoms with Crippen molar-refractivity contribution in [3.8, 4) is 11.4 Å². The molecule has 1 aliphatic carbocycles. The number of aromatic nitrogens is 2. The topological polar surface area (TPSA) is 37.8 Å². The molecule has 3 nitrogen and oxygen atoms in total. The van der Waals surface area contributed by atoms with E-state index < -0.39 is 0 Å². The summed E-state index contributed by atoms with van der Waals surface area (Å²) in [6.45, 7) is 2.00. The zero-order valence-corrected chi connectivity index (χ0v) is 13.3. The quantitative estimate of drug-likeness (QED) is 0.835. The first-order chi connectivity index (χ1) is 10.2. The van der Waals surface area contributed by atoms with Gasteiger partial charge in [-0.1, -0.05) is 30.2 Å². The van der Waals surface area contributed by atoms with Gasteiger partial charge in [0.25, 0.3) is 0 Å². The zero-order valence-electron chi connectivity index (χ0n) is 12.5. The Morgan fingerprint density at radius 1 is 1.10 bits per heavy atom. The first-order valence-corrected chi connectivity index (χ1v) is 7.91. The molecule has 1 aliphatic rings. The van der Waals surface area contributed by atoms with E-state index in [0.29, 0.717) is 0 Å². The van der Waals surface area contributed by atoms with E-state index in [4.69, 9.17) is 21.6 Å². The van der Waals surface area contributed by atoms with Gasteiger partial charge in [0.2, 0.25) is 0 Å². The van der Waals surface area contributed by atoms with Crippen LogP contribution in [0.15, 0.2) is 18.2 Å². The molecule has 4 heteroatoms. The van der Waals surface area contributed by atoms with Gasteiger partial charge in [0.05, 0.1) is 0 Å². The van der Waals surface area contributed by atoms with Gasteiger partial charge in [0, 0.05) is 28.9 Å². The number of aryl methyl sites for hydroxylation is 2. The molecule has 2 aromatic rings. The second-order valence-electron chi connectivity index (χ2n) is 5.60. The van der Waals surface area contributed by atoms with E-state index in [2.05, 4.69) is 5.32 Å². The van der Waals surface area contributed by atoms with Gasteiger partial charge in [-0.15, -0.1) is 0 Å². The number of nitrogens with zero attached hydrogens (tertiary/aromatic N) is 2. The number of rotatable bonds is 2. The number of halogens is 1. The summed E-state index contributed by atoms with van der Waals surface area (Å²) in [7, 11) is 1.93. The van der Waals surface area contributed by atoms with Crippen LogP contribution in [0.3, 0.4) is 0 Å². The van der Waals surface area contributed by atoms with Crippen LogP contribution in [0.1, 0.15) is 36.1 Å². The Morgan fingerprint density at radius 2 is 1.90 bits per heavy atom. The minimum absolute atomic E-state index is 0.761. The molecule has 0 radical (unpaired) electrons. The zero-order chi connectivity index (χ0) is 14.8. The molecule has 0 spiro atoms. The largest absolute Gasteiger partial charge is 0.373 e. The predicted molar refractivity (Wildman–Crippen MR) is 88.0 cm³/mol. The van der Waals surface area contributed by atoms with Crippen molar-refractivity contribution in [2.75, 3.05) is 12.4 Å². The number of hydrogen-bond acceptors (Lipinski definition) is 3. The summed E-state index contributed by atoms with van der Waals surface area (Å²) in [4.78, 5) is 9.52. The van der Waals surface area contributed by atoms with E-state index in [0.717, 1.165) is 40.6 Å². The van der Waals surface area contributed by atoms with Crippen molar-refractivity contribution >= 4 is 17.4 Å². The number of hydrogen-bond donors (Lipinski definition) is 1. The van der Waals surface area contributed by atoms with Gasteiger partial charge in [-0.05, 0) is 44.2 Å². The smallest absolute Gasteiger partial charge is 0.161 e. The highest BCUT2D eigenvalue weighted by Crippen LogP contribution is 2.29. The summed E-state index contributed by atoms with van der Waals surface area (Å²) in [6.07, 6.45) is 5.81. The summed E-state index contributed by atoms with van der Waals surface area (Å²) < 4.78 is 0. The van der Waals surface area contributed by atoms with E-state index in [1.165, 1.54) is 30.5 Å². The van der Waals surface area contributed by atoms with Crippen LogP contribution in [-0.2, 0) is 12.8 Å². The Morgan fingerprint density at radius 3 is 2.67 bits per heavy atom. The average Bonchev–Trinajstić information content (AvgIpc) is 2.74. The molecule has 21 heavy (non-hydrogen) atoms. The van der Waals surface area contributed by atoms with Crippen LogP contribution in [0.25, 0.3) is 11.4 Å². The van der Waals surface area contributed by atoms with Crippen molar-refractivity contribution < 1.29 is 0 Å². The van der Waals surface area contributed by atoms with Crippen LogP contribution in [-0.4, -0.2) is 17.0 Å². The number of anilines is 1. The molecule has 0 unspecified atom stereocenters. The Labute approximate surface area is 130 Å². The molecular formula is C17H20ClN3. The lowest BCUT2D eigenvalue weighted by atomic mass is 10.1. The Hall–Kier alpha value is -1.61. The highest BCUT2D eigenvalue weighted by atomic mass is 35.5. The van der Waals surface area contributed by atoms with Gasteiger partial charge >= 0.3 is 0 Å². The van der Waals surface area contributed by atoms with E-state index in [9.17, 15) is 0 Å². The average molecular weight is 302 g/mol. The van der Waals surface area contributed by atoms with Crippen molar-refractivity contribution in [1.29, 1.82) is 0 Å². The number of nitrogens with one attached hydrogen (secondary N) is 1. The lowest BCUT2D eigenvalue weighted by Crippen LogP contribution is -2.06. The molecular weight excluding hydrogens is 282 g/mol. The van der Waals surface area contributed by atoms with Crippen LogP contribution in [0.2, 0.25) is 5.02 Å². The maximum atomic E-state index is 6.24. The SMILES string of the molecule is CNc1nc(-c2ccc(C)c(Cl)c2)nc2c1CCCCC2. The third kappa shape index (κ3) is 2.88. The molecule has 0 aliphatic heterocycles. The van der Waals surface area contributed by atoms with Gasteiger partial charge in [-0.2, -0.15) is 0 Å². The fourth-order valence-corrected chi connectivity index (χ4v) is 3.02. The molecule has 1 N–H and O–H groups in total. The van der Waals surface area contributed by atoms with E-state index in [-0.39, 0.29) is 0 Å². The molecule has 0 saturated carbocycles. The summed E-state index contributed by atoms with van der Waals surface area (Å²) >= 11 is 6.24. The molecule has 1 aromatic carbocycles. The molecule has 0 saturated heterocycles. The Kier molecular flexibility index (Phi) is 4.11. The van der Waals surface area contributed by atoms with Crippen LogP contribution in [0.5, 0.6) is 0 Å². The lowest BCUT2D eigenvalue weighted by molar-refractivity contribution is 0.709. The molecule has 0 amide bonds. The monoisotopic (exact) mass is 301 g/mol. The molecule has 110 valence electrons. The maximum absolute atomic E-state index is 6.24. The molecule has 3 rings (SSSR count). The second kappa shape index (κ2) is 6.02. The van der Waals surface area contributed by atoms with Gasteiger partial charge in [0.15, 0.2) is 5.82 Å². The lowest BCUT2D eigenvalue weighted by Gasteiger charge is -2.13. The minimum Gasteiger partial charge on any atom is -0.373 e. The van der Waals surface area contributed by atoms with Crippen molar-refractivity contribution in [3.63, 3.8) is 0 Å². The normalized spacial score (nSPS) is 14.4. The third-order valence-electron chi connectivity index (χ3n) is 4.10. The molecule has 0 atom stereocenters. The van der Waals surface area contributed by atoms with Gasteiger partial charge in [0.1, 0.15) is 5.82 Å².